The fraction of sp³-hybridized carbons (Fsp3) is 0.222. The molecule has 0 spiro atoms. The molecule has 0 N–H and O–H groups in total. The fourth-order valence-electron chi connectivity index (χ4n) is 3.61. The van der Waals surface area contributed by atoms with Gasteiger partial charge in [0.25, 0.3) is 5.56 Å². The van der Waals surface area contributed by atoms with E-state index in [9.17, 15) is 4.79 Å². The maximum Gasteiger partial charge on any atom is 0.282 e. The predicted octanol–water partition coefficient (Wildman–Crippen LogP) is 7.89. The van der Waals surface area contributed by atoms with Crippen LogP contribution in [0.3, 0.4) is 0 Å². The maximum absolute atomic E-state index is 13.4. The zero-order chi connectivity index (χ0) is 26.9. The van der Waals surface area contributed by atoms with Gasteiger partial charge in [0, 0.05) is 25.5 Å². The molecule has 3 aromatic carbocycles. The Labute approximate surface area is 237 Å². The van der Waals surface area contributed by atoms with E-state index < -0.39 is 5.41 Å². The highest BCUT2D eigenvalue weighted by atomic mass is 79.9. The van der Waals surface area contributed by atoms with Crippen molar-refractivity contribution in [2.24, 2.45) is 5.10 Å². The summed E-state index contributed by atoms with van der Waals surface area (Å²) in [6.45, 7) is 6.10. The Morgan fingerprint density at radius 3 is 2.49 bits per heavy atom. The van der Waals surface area contributed by atoms with E-state index in [1.807, 2.05) is 32.9 Å². The molecule has 0 atom stereocenters. The lowest BCUT2D eigenvalue weighted by Gasteiger charge is -2.21. The molecular weight excluding hydrogens is 601 g/mol. The molecule has 1 heterocycles. The summed E-state index contributed by atoms with van der Waals surface area (Å²) in [7, 11) is 1.52. The van der Waals surface area contributed by atoms with E-state index in [0.29, 0.717) is 48.9 Å². The van der Waals surface area contributed by atoms with Gasteiger partial charge in [-0.15, -0.1) is 0 Å². The van der Waals surface area contributed by atoms with Gasteiger partial charge in [-0.25, -0.2) is 4.98 Å². The fourth-order valence-corrected chi connectivity index (χ4v) is 4.71. The highest BCUT2D eigenvalue weighted by molar-refractivity contribution is 9.10. The van der Waals surface area contributed by atoms with E-state index in [0.717, 1.165) is 10.0 Å². The lowest BCUT2D eigenvalue weighted by atomic mass is 9.95. The molecule has 6 nitrogen and oxygen atoms in total. The molecule has 192 valence electrons. The zero-order valence-electron chi connectivity index (χ0n) is 20.5. The van der Waals surface area contributed by atoms with Crippen molar-refractivity contribution in [1.29, 1.82) is 0 Å². The first-order chi connectivity index (χ1) is 17.5. The summed E-state index contributed by atoms with van der Waals surface area (Å²) >= 11 is 22.2. The van der Waals surface area contributed by atoms with Gasteiger partial charge in [0.2, 0.25) is 0 Å². The molecule has 0 unspecified atom stereocenters. The smallest absolute Gasteiger partial charge is 0.282 e. The van der Waals surface area contributed by atoms with Gasteiger partial charge in [0.05, 0.1) is 29.2 Å². The summed E-state index contributed by atoms with van der Waals surface area (Å²) in [4.78, 5) is 18.1. The van der Waals surface area contributed by atoms with Crippen molar-refractivity contribution >= 4 is 67.9 Å². The molecule has 0 radical (unpaired) electrons. The van der Waals surface area contributed by atoms with Crippen LogP contribution >= 0.6 is 50.7 Å². The third-order valence-corrected chi connectivity index (χ3v) is 6.80. The van der Waals surface area contributed by atoms with Crippen molar-refractivity contribution in [3.63, 3.8) is 0 Å². The van der Waals surface area contributed by atoms with Gasteiger partial charge < -0.3 is 9.47 Å². The summed E-state index contributed by atoms with van der Waals surface area (Å²) in [6.07, 6.45) is 1.54. The van der Waals surface area contributed by atoms with Crippen molar-refractivity contribution in [1.82, 2.24) is 9.66 Å². The Bertz CT molecular complexity index is 1580. The monoisotopic (exact) mass is 621 g/mol. The topological polar surface area (TPSA) is 65.7 Å². The number of rotatable bonds is 6. The van der Waals surface area contributed by atoms with Crippen molar-refractivity contribution in [3.05, 3.63) is 95.4 Å². The molecular formula is C27H23BrCl3N3O3. The molecule has 0 amide bonds. The second-order valence-electron chi connectivity index (χ2n) is 9.27. The molecule has 0 aliphatic rings. The van der Waals surface area contributed by atoms with Crippen LogP contribution in [0.1, 0.15) is 37.7 Å². The van der Waals surface area contributed by atoms with Crippen LogP contribution in [-0.4, -0.2) is 23.0 Å². The minimum Gasteiger partial charge on any atom is -0.493 e. The predicted molar refractivity (Wildman–Crippen MR) is 154 cm³/mol. The maximum atomic E-state index is 13.4. The van der Waals surface area contributed by atoms with Crippen LogP contribution in [-0.2, 0) is 12.0 Å². The average Bonchev–Trinajstić information content (AvgIpc) is 2.83. The molecule has 1 aromatic heterocycles. The molecule has 0 saturated carbocycles. The minimum absolute atomic E-state index is 0.169. The van der Waals surface area contributed by atoms with Gasteiger partial charge in [0.1, 0.15) is 12.4 Å². The molecule has 10 heteroatoms. The van der Waals surface area contributed by atoms with Gasteiger partial charge in [0.15, 0.2) is 11.5 Å². The van der Waals surface area contributed by atoms with Crippen LogP contribution in [0.2, 0.25) is 15.1 Å². The number of hydrogen-bond donors (Lipinski definition) is 0. The van der Waals surface area contributed by atoms with Crippen molar-refractivity contribution in [2.75, 3.05) is 7.11 Å². The lowest BCUT2D eigenvalue weighted by Crippen LogP contribution is -2.29. The van der Waals surface area contributed by atoms with Gasteiger partial charge in [-0.2, -0.15) is 9.78 Å². The second kappa shape index (κ2) is 11.0. The van der Waals surface area contributed by atoms with Crippen LogP contribution < -0.4 is 15.0 Å². The van der Waals surface area contributed by atoms with Crippen LogP contribution in [0.25, 0.3) is 10.9 Å². The number of methoxy groups -OCH3 is 1. The van der Waals surface area contributed by atoms with Crippen molar-refractivity contribution in [2.45, 2.75) is 32.8 Å². The van der Waals surface area contributed by atoms with Gasteiger partial charge in [-0.1, -0.05) is 77.6 Å². The van der Waals surface area contributed by atoms with Crippen LogP contribution in [0, 0.1) is 0 Å². The quantitative estimate of drug-likeness (QED) is 0.205. The van der Waals surface area contributed by atoms with Crippen molar-refractivity contribution in [3.8, 4) is 11.5 Å². The van der Waals surface area contributed by atoms with Gasteiger partial charge in [-0.3, -0.25) is 4.79 Å². The number of halogens is 4. The first-order valence-electron chi connectivity index (χ1n) is 11.2. The third-order valence-electron chi connectivity index (χ3n) is 5.44. The Morgan fingerprint density at radius 1 is 1.05 bits per heavy atom. The normalized spacial score (nSPS) is 11.9. The number of hydrogen-bond acceptors (Lipinski definition) is 5. The largest absolute Gasteiger partial charge is 0.493 e. The molecule has 0 saturated heterocycles. The second-order valence-corrected chi connectivity index (χ2v) is 11.4. The standard InChI is InChI=1S/C27H23BrCl3N3O3/c1-27(2,3)26-33-22-8-6-17(28)11-19(22)25(35)34(26)32-13-15-9-21(31)24(23(10-15)36-4)37-14-16-5-7-18(29)12-20(16)30/h5-13H,14H2,1-4H3. The summed E-state index contributed by atoms with van der Waals surface area (Å²) in [5.74, 6) is 1.29. The lowest BCUT2D eigenvalue weighted by molar-refractivity contribution is 0.285. The number of benzene rings is 3. The van der Waals surface area contributed by atoms with Gasteiger partial charge in [-0.05, 0) is 48.0 Å². The zero-order valence-corrected chi connectivity index (χ0v) is 24.3. The Morgan fingerprint density at radius 2 is 1.81 bits per heavy atom. The van der Waals surface area contributed by atoms with E-state index in [4.69, 9.17) is 49.3 Å². The average molecular weight is 624 g/mol. The third kappa shape index (κ3) is 6.12. The summed E-state index contributed by atoms with van der Waals surface area (Å²) in [5, 5.41) is 6.30. The van der Waals surface area contributed by atoms with Crippen LogP contribution in [0.5, 0.6) is 11.5 Å². The van der Waals surface area contributed by atoms with E-state index in [2.05, 4.69) is 21.0 Å². The molecule has 0 bridgehead atoms. The number of fused-ring (bicyclic) bond motifs is 1. The van der Waals surface area contributed by atoms with E-state index >= 15 is 0 Å². The molecule has 37 heavy (non-hydrogen) atoms. The Balaban J connectivity index is 1.71. The summed E-state index contributed by atoms with van der Waals surface area (Å²) < 4.78 is 13.5. The highest BCUT2D eigenvalue weighted by Gasteiger charge is 2.23. The number of aromatic nitrogens is 2. The first kappa shape index (κ1) is 27.5. The van der Waals surface area contributed by atoms with E-state index in [1.54, 1.807) is 36.4 Å². The van der Waals surface area contributed by atoms with Gasteiger partial charge >= 0.3 is 0 Å². The van der Waals surface area contributed by atoms with E-state index in [-0.39, 0.29) is 12.2 Å². The highest BCUT2D eigenvalue weighted by Crippen LogP contribution is 2.37. The minimum atomic E-state index is -0.437. The SMILES string of the molecule is COc1cc(C=Nn2c(C(C)(C)C)nc3ccc(Br)cc3c2=O)cc(Cl)c1OCc1ccc(Cl)cc1Cl. The number of nitrogens with zero attached hydrogens (tertiary/aromatic N) is 3. The molecule has 0 aliphatic carbocycles. The molecule has 0 fully saturated rings. The van der Waals surface area contributed by atoms with E-state index in [1.165, 1.54) is 18.0 Å². The molecule has 0 aliphatic heterocycles. The Kier molecular flexibility index (Phi) is 8.19. The van der Waals surface area contributed by atoms with Crippen molar-refractivity contribution < 1.29 is 9.47 Å². The summed E-state index contributed by atoms with van der Waals surface area (Å²) in [5.41, 5.74) is 1.26. The Hall–Kier alpha value is -2.58. The first-order valence-corrected chi connectivity index (χ1v) is 13.1. The van der Waals surface area contributed by atoms with Crippen LogP contribution in [0.15, 0.2) is 62.9 Å². The molecule has 4 aromatic rings. The number of ether oxygens (including phenoxy) is 2. The summed E-state index contributed by atoms with van der Waals surface area (Å²) in [6, 6.07) is 14.0. The molecule has 4 rings (SSSR count). The van der Waals surface area contributed by atoms with Crippen LogP contribution in [0.4, 0.5) is 0 Å².